The van der Waals surface area contributed by atoms with Crippen molar-refractivity contribution in [1.82, 2.24) is 10.2 Å². The van der Waals surface area contributed by atoms with E-state index in [2.05, 4.69) is 15.0 Å². The summed E-state index contributed by atoms with van der Waals surface area (Å²) in [6, 6.07) is 0.294. The lowest BCUT2D eigenvalue weighted by Gasteiger charge is -2.21. The van der Waals surface area contributed by atoms with Crippen LogP contribution in [0, 0.1) is 0 Å². The molecule has 17 heavy (non-hydrogen) atoms. The summed E-state index contributed by atoms with van der Waals surface area (Å²) in [4.78, 5) is 2.37. The highest BCUT2D eigenvalue weighted by atomic mass is 19.4. The number of halogens is 3. The molecule has 102 valence electrons. The Balaban J connectivity index is 1.94. The minimum absolute atomic E-state index is 0.101. The molecule has 0 aromatic rings. The van der Waals surface area contributed by atoms with Crippen molar-refractivity contribution in [2.75, 3.05) is 39.4 Å². The molecule has 1 atom stereocenters. The summed E-state index contributed by atoms with van der Waals surface area (Å²) in [6.45, 7) is 4.68. The smallest absolute Gasteiger partial charge is 0.371 e. The zero-order chi connectivity index (χ0) is 12.7. The quantitative estimate of drug-likeness (QED) is 0.699. The topological polar surface area (TPSA) is 24.5 Å². The number of alkyl halides is 3. The standard InChI is InChI=1S/C11H21F3N2O/c1-10(8-16-5-2-3-6-16)15-4-7-17-9-11(12,13)14/h10,15H,2-9H2,1H3. The van der Waals surface area contributed by atoms with E-state index >= 15 is 0 Å². The van der Waals surface area contributed by atoms with E-state index in [0.717, 1.165) is 19.6 Å². The summed E-state index contributed by atoms with van der Waals surface area (Å²) in [5.41, 5.74) is 0. The van der Waals surface area contributed by atoms with Crippen LogP contribution in [0.25, 0.3) is 0 Å². The molecule has 0 radical (unpaired) electrons. The van der Waals surface area contributed by atoms with Crippen LogP contribution in [0.2, 0.25) is 0 Å². The summed E-state index contributed by atoms with van der Waals surface area (Å²) >= 11 is 0. The Morgan fingerprint density at radius 3 is 2.53 bits per heavy atom. The van der Waals surface area contributed by atoms with Crippen molar-refractivity contribution in [3.8, 4) is 0 Å². The molecule has 1 aliphatic heterocycles. The van der Waals surface area contributed by atoms with Crippen LogP contribution in [0.15, 0.2) is 0 Å². The molecule has 1 heterocycles. The SMILES string of the molecule is CC(CN1CCCC1)NCCOCC(F)(F)F. The highest BCUT2D eigenvalue weighted by Gasteiger charge is 2.27. The molecule has 1 aliphatic rings. The lowest BCUT2D eigenvalue weighted by molar-refractivity contribution is -0.173. The van der Waals surface area contributed by atoms with Crippen molar-refractivity contribution in [3.05, 3.63) is 0 Å². The normalized spacial score (nSPS) is 19.8. The first-order valence-corrected chi connectivity index (χ1v) is 6.07. The minimum Gasteiger partial charge on any atom is -0.371 e. The van der Waals surface area contributed by atoms with Crippen molar-refractivity contribution in [2.24, 2.45) is 0 Å². The van der Waals surface area contributed by atoms with E-state index in [1.165, 1.54) is 12.8 Å². The van der Waals surface area contributed by atoms with Crippen LogP contribution < -0.4 is 5.32 Å². The van der Waals surface area contributed by atoms with Gasteiger partial charge < -0.3 is 15.0 Å². The average molecular weight is 254 g/mol. The molecule has 0 spiro atoms. The molecule has 0 amide bonds. The summed E-state index contributed by atoms with van der Waals surface area (Å²) in [5.74, 6) is 0. The van der Waals surface area contributed by atoms with Gasteiger partial charge in [0, 0.05) is 19.1 Å². The zero-order valence-corrected chi connectivity index (χ0v) is 10.2. The summed E-state index contributed by atoms with van der Waals surface area (Å²) in [6.07, 6.45) is -1.72. The minimum atomic E-state index is -4.22. The van der Waals surface area contributed by atoms with Gasteiger partial charge >= 0.3 is 6.18 Å². The van der Waals surface area contributed by atoms with Gasteiger partial charge in [0.15, 0.2) is 0 Å². The van der Waals surface area contributed by atoms with E-state index in [0.29, 0.717) is 12.6 Å². The van der Waals surface area contributed by atoms with Crippen molar-refractivity contribution in [3.63, 3.8) is 0 Å². The number of ether oxygens (including phenoxy) is 1. The molecule has 0 aromatic heterocycles. The van der Waals surface area contributed by atoms with Gasteiger partial charge in [-0.2, -0.15) is 13.2 Å². The predicted octanol–water partition coefficient (Wildman–Crippen LogP) is 1.64. The van der Waals surface area contributed by atoms with E-state index in [4.69, 9.17) is 0 Å². The third kappa shape index (κ3) is 7.57. The average Bonchev–Trinajstić information content (AvgIpc) is 2.68. The van der Waals surface area contributed by atoms with Crippen LogP contribution >= 0.6 is 0 Å². The Kier molecular flexibility index (Phi) is 6.22. The van der Waals surface area contributed by atoms with Crippen LogP contribution in [0.5, 0.6) is 0 Å². The zero-order valence-electron chi connectivity index (χ0n) is 10.2. The Hall–Kier alpha value is -0.330. The van der Waals surface area contributed by atoms with Crippen LogP contribution in [-0.2, 0) is 4.74 Å². The molecule has 0 saturated carbocycles. The van der Waals surface area contributed by atoms with Crippen molar-refractivity contribution in [2.45, 2.75) is 32.0 Å². The maximum atomic E-state index is 11.8. The molecule has 1 rings (SSSR count). The van der Waals surface area contributed by atoms with Gasteiger partial charge in [-0.25, -0.2) is 0 Å². The first-order valence-electron chi connectivity index (χ1n) is 6.07. The Morgan fingerprint density at radius 2 is 1.94 bits per heavy atom. The second-order valence-corrected chi connectivity index (χ2v) is 4.53. The number of nitrogens with zero attached hydrogens (tertiary/aromatic N) is 1. The fourth-order valence-electron chi connectivity index (χ4n) is 1.98. The maximum absolute atomic E-state index is 11.8. The van der Waals surface area contributed by atoms with Crippen LogP contribution in [0.1, 0.15) is 19.8 Å². The van der Waals surface area contributed by atoms with Gasteiger partial charge in [-0.05, 0) is 32.9 Å². The molecule has 6 heteroatoms. The molecule has 3 nitrogen and oxygen atoms in total. The van der Waals surface area contributed by atoms with E-state index in [1.54, 1.807) is 0 Å². The van der Waals surface area contributed by atoms with Crippen molar-refractivity contribution >= 4 is 0 Å². The first kappa shape index (κ1) is 14.7. The van der Waals surface area contributed by atoms with Gasteiger partial charge in [0.25, 0.3) is 0 Å². The van der Waals surface area contributed by atoms with E-state index in [1.807, 2.05) is 6.92 Å². The van der Waals surface area contributed by atoms with Crippen LogP contribution in [-0.4, -0.2) is 56.5 Å². The first-order chi connectivity index (χ1) is 7.97. The van der Waals surface area contributed by atoms with Crippen molar-refractivity contribution in [1.29, 1.82) is 0 Å². The summed E-state index contributed by atoms with van der Waals surface area (Å²) < 4.78 is 39.8. The van der Waals surface area contributed by atoms with Gasteiger partial charge in [0.05, 0.1) is 6.61 Å². The lowest BCUT2D eigenvalue weighted by atomic mass is 10.3. The Bertz CT molecular complexity index is 205. The molecule has 0 aliphatic carbocycles. The maximum Gasteiger partial charge on any atom is 0.411 e. The molecule has 1 saturated heterocycles. The number of nitrogens with one attached hydrogen (secondary N) is 1. The third-order valence-corrected chi connectivity index (χ3v) is 2.74. The lowest BCUT2D eigenvalue weighted by Crippen LogP contribution is -2.39. The highest BCUT2D eigenvalue weighted by Crippen LogP contribution is 2.14. The van der Waals surface area contributed by atoms with Crippen LogP contribution in [0.4, 0.5) is 13.2 Å². The molecule has 0 bridgehead atoms. The summed E-state index contributed by atoms with van der Waals surface area (Å²) in [7, 11) is 0. The van der Waals surface area contributed by atoms with Crippen molar-refractivity contribution < 1.29 is 17.9 Å². The van der Waals surface area contributed by atoms with Gasteiger partial charge in [0.2, 0.25) is 0 Å². The molecular weight excluding hydrogens is 233 g/mol. The van der Waals surface area contributed by atoms with E-state index in [-0.39, 0.29) is 6.61 Å². The second-order valence-electron chi connectivity index (χ2n) is 4.53. The van der Waals surface area contributed by atoms with E-state index in [9.17, 15) is 13.2 Å². The number of rotatable bonds is 7. The Morgan fingerprint density at radius 1 is 1.29 bits per heavy atom. The molecule has 1 fully saturated rings. The monoisotopic (exact) mass is 254 g/mol. The fourth-order valence-corrected chi connectivity index (χ4v) is 1.98. The summed E-state index contributed by atoms with van der Waals surface area (Å²) in [5, 5.41) is 3.16. The molecule has 0 aromatic carbocycles. The fraction of sp³-hybridized carbons (Fsp3) is 1.00. The highest BCUT2D eigenvalue weighted by molar-refractivity contribution is 4.72. The molecular formula is C11H21F3N2O. The molecule has 1 unspecified atom stereocenters. The Labute approximate surface area is 100 Å². The number of hydrogen-bond donors (Lipinski definition) is 1. The van der Waals surface area contributed by atoms with E-state index < -0.39 is 12.8 Å². The van der Waals surface area contributed by atoms with Gasteiger partial charge in [-0.15, -0.1) is 0 Å². The van der Waals surface area contributed by atoms with Gasteiger partial charge in [-0.3, -0.25) is 0 Å². The third-order valence-electron chi connectivity index (χ3n) is 2.74. The van der Waals surface area contributed by atoms with Gasteiger partial charge in [0.1, 0.15) is 6.61 Å². The second kappa shape index (κ2) is 7.18. The number of likely N-dealkylation sites (tertiary alicyclic amines) is 1. The largest absolute Gasteiger partial charge is 0.411 e. The molecule has 1 N–H and O–H groups in total. The van der Waals surface area contributed by atoms with Gasteiger partial charge in [-0.1, -0.05) is 0 Å². The van der Waals surface area contributed by atoms with Crippen LogP contribution in [0.3, 0.4) is 0 Å². The predicted molar refractivity (Wildman–Crippen MR) is 60.0 cm³/mol. The number of hydrogen-bond acceptors (Lipinski definition) is 3.